The van der Waals surface area contributed by atoms with Crippen molar-refractivity contribution in [3.8, 4) is 11.5 Å². The van der Waals surface area contributed by atoms with E-state index in [1.165, 1.54) is 12.1 Å². The quantitative estimate of drug-likeness (QED) is 0.867. The molecule has 0 amide bonds. The third-order valence-corrected chi connectivity index (χ3v) is 3.83. The molecule has 96 valence electrons. The lowest BCUT2D eigenvalue weighted by Gasteiger charge is -2.03. The fraction of sp³-hybridized carbons (Fsp3) is 0.273. The average molecular weight is 333 g/mol. The van der Waals surface area contributed by atoms with Gasteiger partial charge in [0.1, 0.15) is 5.82 Å². The lowest BCUT2D eigenvalue weighted by molar-refractivity contribution is 0.424. The van der Waals surface area contributed by atoms with Gasteiger partial charge in [0.15, 0.2) is 5.82 Å². The summed E-state index contributed by atoms with van der Waals surface area (Å²) in [5.74, 6) is 0.416. The van der Waals surface area contributed by atoms with E-state index in [1.807, 2.05) is 6.92 Å². The molecule has 2 rings (SSSR count). The van der Waals surface area contributed by atoms with E-state index in [-0.39, 0.29) is 17.5 Å². The predicted octanol–water partition coefficient (Wildman–Crippen LogP) is 2.83. The van der Waals surface area contributed by atoms with Gasteiger partial charge in [0, 0.05) is 27.1 Å². The molecule has 1 aromatic carbocycles. The second-order valence-electron chi connectivity index (χ2n) is 3.79. The van der Waals surface area contributed by atoms with Crippen LogP contribution in [0.5, 0.6) is 0 Å². The number of nitrogens with zero attached hydrogens (tertiary/aromatic N) is 2. The first-order chi connectivity index (χ1) is 8.47. The van der Waals surface area contributed by atoms with Crippen molar-refractivity contribution >= 4 is 26.7 Å². The standard InChI is InChI=1S/C11H10BrFN2O2S/c1-6-8(3-7(13)4-9(6)12)11-14-10(15-17-11)5-18(2)16/h3-4H,5H2,1-2H3. The zero-order valence-electron chi connectivity index (χ0n) is 9.74. The van der Waals surface area contributed by atoms with Crippen LogP contribution in [-0.2, 0) is 16.6 Å². The number of hydrogen-bond donors (Lipinski definition) is 0. The molecular formula is C11H10BrFN2O2S. The van der Waals surface area contributed by atoms with Gasteiger partial charge >= 0.3 is 0 Å². The van der Waals surface area contributed by atoms with Gasteiger partial charge < -0.3 is 4.52 Å². The highest BCUT2D eigenvalue weighted by molar-refractivity contribution is 9.10. The van der Waals surface area contributed by atoms with E-state index < -0.39 is 10.8 Å². The largest absolute Gasteiger partial charge is 0.334 e. The van der Waals surface area contributed by atoms with E-state index in [0.717, 1.165) is 5.56 Å². The Morgan fingerprint density at radius 2 is 2.22 bits per heavy atom. The molecule has 0 N–H and O–H groups in total. The average Bonchev–Trinajstić information content (AvgIpc) is 2.70. The molecule has 0 spiro atoms. The number of aromatic nitrogens is 2. The van der Waals surface area contributed by atoms with Gasteiger partial charge in [0.25, 0.3) is 5.89 Å². The summed E-state index contributed by atoms with van der Waals surface area (Å²) < 4.78 is 30.1. The smallest absolute Gasteiger partial charge is 0.258 e. The van der Waals surface area contributed by atoms with Crippen LogP contribution >= 0.6 is 15.9 Å². The minimum Gasteiger partial charge on any atom is -0.334 e. The Balaban J connectivity index is 2.43. The highest BCUT2D eigenvalue weighted by Gasteiger charge is 2.15. The molecule has 1 heterocycles. The first-order valence-corrected chi connectivity index (χ1v) is 7.58. The van der Waals surface area contributed by atoms with Crippen molar-refractivity contribution in [3.63, 3.8) is 0 Å². The van der Waals surface area contributed by atoms with Gasteiger partial charge in [-0.1, -0.05) is 21.1 Å². The zero-order valence-corrected chi connectivity index (χ0v) is 12.1. The van der Waals surface area contributed by atoms with Gasteiger partial charge in [0.05, 0.1) is 5.75 Å². The van der Waals surface area contributed by atoms with Gasteiger partial charge in [-0.2, -0.15) is 4.98 Å². The molecule has 18 heavy (non-hydrogen) atoms. The van der Waals surface area contributed by atoms with E-state index in [4.69, 9.17) is 4.52 Å². The van der Waals surface area contributed by atoms with E-state index >= 15 is 0 Å². The Morgan fingerprint density at radius 3 is 2.89 bits per heavy atom. The Hall–Kier alpha value is -1.08. The van der Waals surface area contributed by atoms with Crippen LogP contribution < -0.4 is 0 Å². The van der Waals surface area contributed by atoms with Crippen molar-refractivity contribution in [2.75, 3.05) is 6.26 Å². The van der Waals surface area contributed by atoms with Crippen LogP contribution in [0.25, 0.3) is 11.5 Å². The number of rotatable bonds is 3. The SMILES string of the molecule is Cc1c(Br)cc(F)cc1-c1nc(CS(C)=O)no1. The Kier molecular flexibility index (Phi) is 3.91. The van der Waals surface area contributed by atoms with Gasteiger partial charge in [-0.05, 0) is 24.6 Å². The van der Waals surface area contributed by atoms with Crippen molar-refractivity contribution in [2.24, 2.45) is 0 Å². The maximum Gasteiger partial charge on any atom is 0.258 e. The normalized spacial score (nSPS) is 12.7. The number of hydrogen-bond acceptors (Lipinski definition) is 4. The molecule has 0 saturated carbocycles. The van der Waals surface area contributed by atoms with Gasteiger partial charge in [0.2, 0.25) is 0 Å². The molecule has 7 heteroatoms. The minimum absolute atomic E-state index is 0.221. The van der Waals surface area contributed by atoms with Crippen molar-refractivity contribution in [1.29, 1.82) is 0 Å². The fourth-order valence-electron chi connectivity index (χ4n) is 1.47. The van der Waals surface area contributed by atoms with Gasteiger partial charge in [-0.25, -0.2) is 4.39 Å². The summed E-state index contributed by atoms with van der Waals surface area (Å²) in [6.07, 6.45) is 1.56. The molecule has 1 atom stereocenters. The zero-order chi connectivity index (χ0) is 13.3. The maximum absolute atomic E-state index is 13.3. The molecule has 4 nitrogen and oxygen atoms in total. The van der Waals surface area contributed by atoms with Crippen molar-refractivity contribution in [2.45, 2.75) is 12.7 Å². The second-order valence-corrected chi connectivity index (χ2v) is 6.08. The Labute approximate surface area is 114 Å². The maximum atomic E-state index is 13.3. The Bertz CT molecular complexity index is 615. The van der Waals surface area contributed by atoms with Crippen LogP contribution in [0.3, 0.4) is 0 Å². The van der Waals surface area contributed by atoms with Crippen molar-refractivity contribution < 1.29 is 13.1 Å². The van der Waals surface area contributed by atoms with Crippen LogP contribution in [-0.4, -0.2) is 20.6 Å². The molecule has 0 radical (unpaired) electrons. The molecule has 0 aliphatic heterocycles. The van der Waals surface area contributed by atoms with Crippen LogP contribution in [0.15, 0.2) is 21.1 Å². The summed E-state index contributed by atoms with van der Waals surface area (Å²) in [5.41, 5.74) is 1.34. The highest BCUT2D eigenvalue weighted by atomic mass is 79.9. The molecule has 1 aromatic heterocycles. The lowest BCUT2D eigenvalue weighted by atomic mass is 10.1. The predicted molar refractivity (Wildman–Crippen MR) is 69.9 cm³/mol. The summed E-state index contributed by atoms with van der Waals surface area (Å²) in [6.45, 7) is 1.82. The van der Waals surface area contributed by atoms with E-state index in [2.05, 4.69) is 26.1 Å². The first kappa shape index (κ1) is 13.4. The monoisotopic (exact) mass is 332 g/mol. The molecule has 1 unspecified atom stereocenters. The molecular weight excluding hydrogens is 323 g/mol. The summed E-state index contributed by atoms with van der Waals surface area (Å²) in [5, 5.41) is 3.72. The van der Waals surface area contributed by atoms with Crippen molar-refractivity contribution in [1.82, 2.24) is 10.1 Å². The Morgan fingerprint density at radius 1 is 1.50 bits per heavy atom. The summed E-state index contributed by atoms with van der Waals surface area (Å²) in [6, 6.07) is 2.71. The van der Waals surface area contributed by atoms with Crippen molar-refractivity contribution in [3.05, 3.63) is 33.8 Å². The topological polar surface area (TPSA) is 56.0 Å². The van der Waals surface area contributed by atoms with Gasteiger partial charge in [-0.15, -0.1) is 0 Å². The van der Waals surface area contributed by atoms with Crippen LogP contribution in [0.2, 0.25) is 0 Å². The minimum atomic E-state index is -1.04. The molecule has 0 fully saturated rings. The van der Waals surface area contributed by atoms with E-state index in [0.29, 0.717) is 15.9 Å². The molecule has 0 aliphatic carbocycles. The third-order valence-electron chi connectivity index (χ3n) is 2.34. The third kappa shape index (κ3) is 2.84. The number of benzene rings is 1. The highest BCUT2D eigenvalue weighted by Crippen LogP contribution is 2.29. The van der Waals surface area contributed by atoms with Crippen LogP contribution in [0.4, 0.5) is 4.39 Å². The fourth-order valence-corrected chi connectivity index (χ4v) is 2.38. The van der Waals surface area contributed by atoms with Gasteiger partial charge in [-0.3, -0.25) is 4.21 Å². The van der Waals surface area contributed by atoms with E-state index in [1.54, 1.807) is 6.26 Å². The van der Waals surface area contributed by atoms with Crippen LogP contribution in [0.1, 0.15) is 11.4 Å². The van der Waals surface area contributed by atoms with E-state index in [9.17, 15) is 8.60 Å². The molecule has 0 aliphatic rings. The molecule has 0 bridgehead atoms. The number of halogens is 2. The molecule has 2 aromatic rings. The van der Waals surface area contributed by atoms with Crippen LogP contribution in [0, 0.1) is 12.7 Å². The second kappa shape index (κ2) is 5.27. The summed E-state index contributed by atoms with van der Waals surface area (Å²) >= 11 is 3.26. The summed E-state index contributed by atoms with van der Waals surface area (Å²) in [4.78, 5) is 4.11. The first-order valence-electron chi connectivity index (χ1n) is 5.06. The molecule has 0 saturated heterocycles. The summed E-state index contributed by atoms with van der Waals surface area (Å²) in [7, 11) is -1.04. The lowest BCUT2D eigenvalue weighted by Crippen LogP contribution is -1.94.